The molecule has 5 heteroatoms. The summed E-state index contributed by atoms with van der Waals surface area (Å²) >= 11 is 0. The zero-order valence-electron chi connectivity index (χ0n) is 14.8. The standard InChI is InChI=1S/C18H31N5/c1-13(2)10-17-11-14(3)20-18(22-17)23-9-6-16(12-23)21-15-4-7-19-8-5-15/h11,13,15-16,19,21H,4-10,12H2,1-3H3. The third kappa shape index (κ3) is 4.64. The van der Waals surface area contributed by atoms with Crippen LogP contribution in [0.5, 0.6) is 0 Å². The van der Waals surface area contributed by atoms with Crippen LogP contribution >= 0.6 is 0 Å². The van der Waals surface area contributed by atoms with Gasteiger partial charge in [0.2, 0.25) is 5.95 Å². The Morgan fingerprint density at radius 2 is 2.00 bits per heavy atom. The molecule has 0 amide bonds. The van der Waals surface area contributed by atoms with Crippen LogP contribution in [0.15, 0.2) is 6.07 Å². The summed E-state index contributed by atoms with van der Waals surface area (Å²) in [6.07, 6.45) is 4.72. The van der Waals surface area contributed by atoms with Crippen molar-refractivity contribution in [1.82, 2.24) is 20.6 Å². The zero-order valence-corrected chi connectivity index (χ0v) is 14.8. The van der Waals surface area contributed by atoms with E-state index in [4.69, 9.17) is 4.98 Å². The van der Waals surface area contributed by atoms with Gasteiger partial charge in [-0.05, 0) is 57.7 Å². The van der Waals surface area contributed by atoms with Gasteiger partial charge in [-0.15, -0.1) is 0 Å². The van der Waals surface area contributed by atoms with Gasteiger partial charge in [0.15, 0.2) is 0 Å². The minimum absolute atomic E-state index is 0.579. The fraction of sp³-hybridized carbons (Fsp3) is 0.778. The van der Waals surface area contributed by atoms with E-state index in [1.807, 2.05) is 0 Å². The number of rotatable bonds is 5. The number of aromatic nitrogens is 2. The highest BCUT2D eigenvalue weighted by molar-refractivity contribution is 5.34. The fourth-order valence-electron chi connectivity index (χ4n) is 3.68. The largest absolute Gasteiger partial charge is 0.339 e. The van der Waals surface area contributed by atoms with Gasteiger partial charge in [-0.25, -0.2) is 9.97 Å². The van der Waals surface area contributed by atoms with Gasteiger partial charge in [-0.3, -0.25) is 0 Å². The van der Waals surface area contributed by atoms with E-state index in [9.17, 15) is 0 Å². The van der Waals surface area contributed by atoms with Gasteiger partial charge < -0.3 is 15.5 Å². The third-order valence-electron chi connectivity index (χ3n) is 4.79. The summed E-state index contributed by atoms with van der Waals surface area (Å²) in [7, 11) is 0. The molecule has 1 aromatic rings. The molecule has 1 aromatic heterocycles. The Labute approximate surface area is 140 Å². The smallest absolute Gasteiger partial charge is 0.225 e. The Hall–Kier alpha value is -1.20. The Bertz CT molecular complexity index is 510. The highest BCUT2D eigenvalue weighted by atomic mass is 15.3. The van der Waals surface area contributed by atoms with Gasteiger partial charge >= 0.3 is 0 Å². The zero-order chi connectivity index (χ0) is 16.2. The van der Waals surface area contributed by atoms with E-state index in [1.54, 1.807) is 0 Å². The summed E-state index contributed by atoms with van der Waals surface area (Å²) in [5, 5.41) is 7.27. The molecule has 1 unspecified atom stereocenters. The van der Waals surface area contributed by atoms with Crippen molar-refractivity contribution in [3.8, 4) is 0 Å². The summed E-state index contributed by atoms with van der Waals surface area (Å²) in [4.78, 5) is 11.9. The van der Waals surface area contributed by atoms with E-state index in [1.165, 1.54) is 25.0 Å². The Morgan fingerprint density at radius 1 is 1.22 bits per heavy atom. The van der Waals surface area contributed by atoms with Crippen LogP contribution in [0.25, 0.3) is 0 Å². The van der Waals surface area contributed by atoms with E-state index >= 15 is 0 Å². The van der Waals surface area contributed by atoms with Crippen molar-refractivity contribution in [2.24, 2.45) is 5.92 Å². The molecule has 1 atom stereocenters. The monoisotopic (exact) mass is 317 g/mol. The second-order valence-electron chi connectivity index (χ2n) is 7.52. The van der Waals surface area contributed by atoms with Gasteiger partial charge in [0.1, 0.15) is 0 Å². The first-order chi connectivity index (χ1) is 11.1. The lowest BCUT2D eigenvalue weighted by atomic mass is 10.1. The molecule has 0 aromatic carbocycles. The molecule has 3 rings (SSSR count). The van der Waals surface area contributed by atoms with Gasteiger partial charge in [-0.2, -0.15) is 0 Å². The molecular formula is C18H31N5. The molecule has 2 aliphatic rings. The minimum atomic E-state index is 0.579. The van der Waals surface area contributed by atoms with Crippen LogP contribution < -0.4 is 15.5 Å². The van der Waals surface area contributed by atoms with Gasteiger partial charge in [0.05, 0.1) is 0 Å². The van der Waals surface area contributed by atoms with Gasteiger partial charge in [0, 0.05) is 36.6 Å². The molecule has 2 fully saturated rings. The van der Waals surface area contributed by atoms with Crippen LogP contribution in [0.1, 0.15) is 44.5 Å². The third-order valence-corrected chi connectivity index (χ3v) is 4.79. The lowest BCUT2D eigenvalue weighted by molar-refractivity contribution is 0.356. The molecule has 2 saturated heterocycles. The lowest BCUT2D eigenvalue weighted by Crippen LogP contribution is -2.45. The van der Waals surface area contributed by atoms with Crippen LogP contribution in [0.4, 0.5) is 5.95 Å². The Morgan fingerprint density at radius 3 is 2.74 bits per heavy atom. The van der Waals surface area contributed by atoms with Crippen molar-refractivity contribution in [2.45, 2.75) is 58.5 Å². The summed E-state index contributed by atoms with van der Waals surface area (Å²) in [6.45, 7) is 11.0. The van der Waals surface area contributed by atoms with E-state index in [0.29, 0.717) is 18.0 Å². The molecular weight excluding hydrogens is 286 g/mol. The van der Waals surface area contributed by atoms with Crippen LogP contribution in [0, 0.1) is 12.8 Å². The van der Waals surface area contributed by atoms with Crippen LogP contribution in [-0.2, 0) is 6.42 Å². The van der Waals surface area contributed by atoms with Gasteiger partial charge in [0.25, 0.3) is 0 Å². The summed E-state index contributed by atoms with van der Waals surface area (Å²) in [5.74, 6) is 1.56. The molecule has 3 heterocycles. The fourth-order valence-corrected chi connectivity index (χ4v) is 3.68. The van der Waals surface area contributed by atoms with E-state index in [-0.39, 0.29) is 0 Å². The van der Waals surface area contributed by atoms with Crippen LogP contribution in [0.3, 0.4) is 0 Å². The van der Waals surface area contributed by atoms with Gasteiger partial charge in [-0.1, -0.05) is 13.8 Å². The van der Waals surface area contributed by atoms with Crippen LogP contribution in [-0.4, -0.2) is 48.2 Å². The minimum Gasteiger partial charge on any atom is -0.339 e. The molecule has 2 aliphatic heterocycles. The molecule has 0 saturated carbocycles. The van der Waals surface area contributed by atoms with E-state index < -0.39 is 0 Å². The molecule has 0 bridgehead atoms. The average Bonchev–Trinajstić information content (AvgIpc) is 2.95. The van der Waals surface area contributed by atoms with E-state index in [0.717, 1.165) is 44.2 Å². The van der Waals surface area contributed by atoms with E-state index in [2.05, 4.69) is 47.4 Å². The highest BCUT2D eigenvalue weighted by Gasteiger charge is 2.27. The number of nitrogens with one attached hydrogen (secondary N) is 2. The predicted molar refractivity (Wildman–Crippen MR) is 95.0 cm³/mol. The molecule has 23 heavy (non-hydrogen) atoms. The number of hydrogen-bond acceptors (Lipinski definition) is 5. The summed E-state index contributed by atoms with van der Waals surface area (Å²) < 4.78 is 0. The number of nitrogens with zero attached hydrogens (tertiary/aromatic N) is 3. The van der Waals surface area contributed by atoms with Crippen molar-refractivity contribution in [3.63, 3.8) is 0 Å². The number of anilines is 1. The second kappa shape index (κ2) is 7.58. The average molecular weight is 317 g/mol. The second-order valence-corrected chi connectivity index (χ2v) is 7.52. The lowest BCUT2D eigenvalue weighted by Gasteiger charge is -2.27. The SMILES string of the molecule is Cc1cc(CC(C)C)nc(N2CCC(NC3CCNCC3)C2)n1. The first-order valence-corrected chi connectivity index (χ1v) is 9.16. The quantitative estimate of drug-likeness (QED) is 0.869. The number of piperidine rings is 1. The Kier molecular flexibility index (Phi) is 5.49. The highest BCUT2D eigenvalue weighted by Crippen LogP contribution is 2.19. The van der Waals surface area contributed by atoms with Crippen molar-refractivity contribution in [2.75, 3.05) is 31.1 Å². The molecule has 0 aliphatic carbocycles. The first kappa shape index (κ1) is 16.7. The molecule has 128 valence electrons. The summed E-state index contributed by atoms with van der Waals surface area (Å²) in [6, 6.07) is 3.39. The number of aryl methyl sites for hydroxylation is 1. The summed E-state index contributed by atoms with van der Waals surface area (Å²) in [5.41, 5.74) is 2.26. The molecule has 0 spiro atoms. The normalized spacial score (nSPS) is 23.0. The van der Waals surface area contributed by atoms with Crippen molar-refractivity contribution < 1.29 is 0 Å². The topological polar surface area (TPSA) is 53.1 Å². The van der Waals surface area contributed by atoms with Crippen molar-refractivity contribution in [3.05, 3.63) is 17.5 Å². The molecule has 5 nitrogen and oxygen atoms in total. The Balaban J connectivity index is 1.60. The maximum atomic E-state index is 4.81. The molecule has 0 radical (unpaired) electrons. The van der Waals surface area contributed by atoms with Crippen LogP contribution in [0.2, 0.25) is 0 Å². The maximum Gasteiger partial charge on any atom is 0.225 e. The maximum absolute atomic E-state index is 4.81. The first-order valence-electron chi connectivity index (χ1n) is 9.16. The molecule has 2 N–H and O–H groups in total. The van der Waals surface area contributed by atoms with Crippen molar-refractivity contribution in [1.29, 1.82) is 0 Å². The van der Waals surface area contributed by atoms with Crippen molar-refractivity contribution >= 4 is 5.95 Å². The predicted octanol–water partition coefficient (Wildman–Crippen LogP) is 1.90. The number of hydrogen-bond donors (Lipinski definition) is 2.